The van der Waals surface area contributed by atoms with E-state index in [0.29, 0.717) is 23.9 Å². The van der Waals surface area contributed by atoms with Crippen LogP contribution in [0.3, 0.4) is 0 Å². The number of ether oxygens (including phenoxy) is 4. The third-order valence-corrected chi connectivity index (χ3v) is 13.6. The Kier molecular flexibility index (Phi) is 65.7. The van der Waals surface area contributed by atoms with Crippen molar-refractivity contribution >= 4 is 17.9 Å². The van der Waals surface area contributed by atoms with Crippen LogP contribution in [0.1, 0.15) is 206 Å². The standard InChI is InChI=1S/C84H125NO8/c1-6-8-10-12-14-16-18-20-22-24-26-28-30-32-34-36-37-38-39-40-41-42-43-44-45-47-49-51-53-55-57-59-61-63-65-67-69-71-73-75-82(87)93-80(79-92-84(83(88)89)90-77-76-85(3,4)5)78-91-81(86)74-72-70-68-66-64-62-60-58-56-54-52-50-48-46-35-33-31-29-27-25-23-21-19-17-15-13-11-9-7-2/h8-11,14-17,20-23,26-29,32-35,37-38,40-41,43-44,47-50,53-56,59-62,65,67,80,84H,6-7,12-13,18-19,24-25,30-31,36,39,42,45-46,51-52,57-58,63-64,66,68-79H2,1-5H3/b10-8-,11-9-,16-14-,17-15-,22-20-,23-21-,28-26-,29-27-,34-32-,35-33-,38-37-,41-40-,44-43-,49-47-,50-48-,55-53-,56-54-,61-59-,62-60-,67-65-. The quantitative estimate of drug-likeness (QED) is 0.0195. The van der Waals surface area contributed by atoms with Gasteiger partial charge in [-0.25, -0.2) is 0 Å². The summed E-state index contributed by atoms with van der Waals surface area (Å²) in [4.78, 5) is 37.5. The lowest BCUT2D eigenvalue weighted by Gasteiger charge is -2.26. The molecule has 0 aliphatic heterocycles. The first-order valence-electron chi connectivity index (χ1n) is 35.2. The number of esters is 2. The van der Waals surface area contributed by atoms with Gasteiger partial charge < -0.3 is 33.3 Å². The van der Waals surface area contributed by atoms with Crippen molar-refractivity contribution in [3.8, 4) is 0 Å². The second-order valence-corrected chi connectivity index (χ2v) is 23.3. The molecule has 0 spiro atoms. The van der Waals surface area contributed by atoms with Gasteiger partial charge in [0.15, 0.2) is 12.4 Å². The number of carboxylic acids is 1. The van der Waals surface area contributed by atoms with Crippen LogP contribution in [0.5, 0.6) is 0 Å². The van der Waals surface area contributed by atoms with Crippen molar-refractivity contribution in [1.82, 2.24) is 0 Å². The van der Waals surface area contributed by atoms with Gasteiger partial charge in [-0.05, 0) is 167 Å². The summed E-state index contributed by atoms with van der Waals surface area (Å²) in [5.41, 5.74) is 0. The van der Waals surface area contributed by atoms with Gasteiger partial charge in [-0.1, -0.05) is 270 Å². The van der Waals surface area contributed by atoms with E-state index in [0.717, 1.165) is 167 Å². The number of carbonyl (C=O) groups is 3. The number of hydrogen-bond donors (Lipinski definition) is 0. The summed E-state index contributed by atoms with van der Waals surface area (Å²) in [6.07, 6.45) is 112. The molecule has 0 fully saturated rings. The van der Waals surface area contributed by atoms with Crippen LogP contribution >= 0.6 is 0 Å². The van der Waals surface area contributed by atoms with Crippen LogP contribution in [-0.4, -0.2) is 82.3 Å². The van der Waals surface area contributed by atoms with E-state index < -0.39 is 30.3 Å². The number of carboxylic acid groups (broad SMARTS) is 1. The summed E-state index contributed by atoms with van der Waals surface area (Å²) in [6, 6.07) is 0. The van der Waals surface area contributed by atoms with Crippen molar-refractivity contribution in [1.29, 1.82) is 0 Å². The molecule has 0 saturated carbocycles. The Morgan fingerprint density at radius 3 is 0.871 bits per heavy atom. The minimum absolute atomic E-state index is 0.119. The highest BCUT2D eigenvalue weighted by Crippen LogP contribution is 2.11. The van der Waals surface area contributed by atoms with Gasteiger partial charge >= 0.3 is 11.9 Å². The first-order chi connectivity index (χ1) is 45.6. The number of allylic oxidation sites excluding steroid dienone is 40. The van der Waals surface area contributed by atoms with Crippen molar-refractivity contribution in [2.24, 2.45) is 0 Å². The molecular formula is C84H125NO8. The van der Waals surface area contributed by atoms with Gasteiger partial charge in [0, 0.05) is 12.8 Å². The van der Waals surface area contributed by atoms with Gasteiger partial charge in [0.1, 0.15) is 13.2 Å². The largest absolute Gasteiger partial charge is 0.545 e. The van der Waals surface area contributed by atoms with Crippen LogP contribution in [0.25, 0.3) is 0 Å². The van der Waals surface area contributed by atoms with Crippen LogP contribution in [0.15, 0.2) is 243 Å². The molecule has 0 bridgehead atoms. The van der Waals surface area contributed by atoms with E-state index in [2.05, 4.69) is 257 Å². The smallest absolute Gasteiger partial charge is 0.306 e. The number of quaternary nitrogens is 1. The van der Waals surface area contributed by atoms with Gasteiger partial charge in [-0.15, -0.1) is 0 Å². The molecule has 0 amide bonds. The molecule has 0 aromatic heterocycles. The highest BCUT2D eigenvalue weighted by molar-refractivity contribution is 5.70. The fraction of sp³-hybridized carbons (Fsp3) is 0.488. The summed E-state index contributed by atoms with van der Waals surface area (Å²) in [6.45, 7) is 4.39. The van der Waals surface area contributed by atoms with Crippen LogP contribution in [0.2, 0.25) is 0 Å². The van der Waals surface area contributed by atoms with E-state index in [4.69, 9.17) is 18.9 Å². The maximum absolute atomic E-state index is 12.9. The second-order valence-electron chi connectivity index (χ2n) is 23.3. The van der Waals surface area contributed by atoms with Gasteiger partial charge in [0.05, 0.1) is 40.3 Å². The third-order valence-electron chi connectivity index (χ3n) is 13.6. The lowest BCUT2D eigenvalue weighted by atomic mass is 10.1. The minimum Gasteiger partial charge on any atom is -0.545 e. The first kappa shape index (κ1) is 86.1. The predicted molar refractivity (Wildman–Crippen MR) is 397 cm³/mol. The van der Waals surface area contributed by atoms with E-state index in [1.54, 1.807) is 0 Å². The molecule has 9 heteroatoms. The Labute approximate surface area is 567 Å². The number of aliphatic carboxylic acids is 1. The van der Waals surface area contributed by atoms with Crippen molar-refractivity contribution in [2.45, 2.75) is 219 Å². The lowest BCUT2D eigenvalue weighted by Crippen LogP contribution is -2.44. The van der Waals surface area contributed by atoms with Crippen LogP contribution < -0.4 is 5.11 Å². The molecule has 514 valence electrons. The summed E-state index contributed by atoms with van der Waals surface area (Å²) < 4.78 is 22.7. The molecule has 0 aromatic carbocycles. The van der Waals surface area contributed by atoms with E-state index in [1.807, 2.05) is 21.1 Å². The molecule has 0 aliphatic rings. The molecule has 9 nitrogen and oxygen atoms in total. The Balaban J connectivity index is 4.37. The van der Waals surface area contributed by atoms with Crippen LogP contribution in [-0.2, 0) is 33.3 Å². The van der Waals surface area contributed by atoms with Gasteiger partial charge in [-0.3, -0.25) is 9.59 Å². The highest BCUT2D eigenvalue weighted by atomic mass is 16.7. The molecule has 0 radical (unpaired) electrons. The normalized spacial score (nSPS) is 14.2. The third kappa shape index (κ3) is 72.4. The topological polar surface area (TPSA) is 111 Å². The van der Waals surface area contributed by atoms with E-state index in [-0.39, 0.29) is 32.7 Å². The lowest BCUT2D eigenvalue weighted by molar-refractivity contribution is -0.870. The molecule has 0 N–H and O–H groups in total. The molecule has 0 aliphatic carbocycles. The molecule has 93 heavy (non-hydrogen) atoms. The number of rotatable bonds is 61. The summed E-state index contributed by atoms with van der Waals surface area (Å²) in [5, 5.41) is 11.8. The fourth-order valence-corrected chi connectivity index (χ4v) is 8.30. The monoisotopic (exact) mass is 1280 g/mol. The van der Waals surface area contributed by atoms with Crippen molar-refractivity contribution < 1.29 is 42.9 Å². The van der Waals surface area contributed by atoms with Crippen molar-refractivity contribution in [3.05, 3.63) is 243 Å². The van der Waals surface area contributed by atoms with E-state index in [9.17, 15) is 19.5 Å². The maximum atomic E-state index is 12.9. The van der Waals surface area contributed by atoms with Crippen LogP contribution in [0, 0.1) is 0 Å². The van der Waals surface area contributed by atoms with Gasteiger partial charge in [-0.2, -0.15) is 0 Å². The highest BCUT2D eigenvalue weighted by Gasteiger charge is 2.22. The summed E-state index contributed by atoms with van der Waals surface area (Å²) >= 11 is 0. The van der Waals surface area contributed by atoms with E-state index >= 15 is 0 Å². The van der Waals surface area contributed by atoms with Crippen LogP contribution in [0.4, 0.5) is 0 Å². The Morgan fingerprint density at radius 1 is 0.323 bits per heavy atom. The average Bonchev–Trinajstić information content (AvgIpc) is 3.38. The van der Waals surface area contributed by atoms with Gasteiger partial charge in [0.25, 0.3) is 0 Å². The van der Waals surface area contributed by atoms with Gasteiger partial charge in [0.2, 0.25) is 0 Å². The first-order valence-corrected chi connectivity index (χ1v) is 35.2. The second kappa shape index (κ2) is 70.9. The number of hydrogen-bond acceptors (Lipinski definition) is 8. The average molecular weight is 1280 g/mol. The molecular weight excluding hydrogens is 1150 g/mol. The fourth-order valence-electron chi connectivity index (χ4n) is 8.30. The molecule has 0 saturated heterocycles. The summed E-state index contributed by atoms with van der Waals surface area (Å²) in [7, 11) is 5.88. The minimum atomic E-state index is -1.66. The number of carbonyl (C=O) groups excluding carboxylic acids is 3. The summed E-state index contributed by atoms with van der Waals surface area (Å²) in [5.74, 6) is -2.41. The Hall–Kier alpha value is -6.91. The zero-order valence-corrected chi connectivity index (χ0v) is 58.5. The zero-order chi connectivity index (χ0) is 67.5. The number of likely N-dealkylation sites (N-methyl/N-ethyl adjacent to an activating group) is 1. The number of nitrogens with zero attached hydrogens (tertiary/aromatic N) is 1. The SMILES string of the molecule is CC/C=C\C/C=C\C/C=C\C/C=C\C/C=C\C/C=C\C/C=C\C/C=C\C/C=C\C/C=C\C/C=C\C/C=C\CCCCC(=O)OC(COC(=O)CCCCCC/C=C\C/C=C\C/C=C\C/C=C\C/C=C\C/C=C\C/C=C\C/C=C\CC)COC(OCC[N+](C)(C)C)C(=O)[O-]. The molecule has 0 aromatic rings. The molecule has 0 rings (SSSR count). The zero-order valence-electron chi connectivity index (χ0n) is 58.5. The van der Waals surface area contributed by atoms with Crippen molar-refractivity contribution in [3.63, 3.8) is 0 Å². The predicted octanol–water partition coefficient (Wildman–Crippen LogP) is 21.1. The molecule has 2 atom stereocenters. The Morgan fingerprint density at radius 2 is 0.581 bits per heavy atom. The molecule has 0 heterocycles. The van der Waals surface area contributed by atoms with E-state index in [1.165, 1.54) is 0 Å². The van der Waals surface area contributed by atoms with Crippen molar-refractivity contribution in [2.75, 3.05) is 47.5 Å². The Bertz CT molecular complexity index is 2430. The molecule has 2 unspecified atom stereocenters. The maximum Gasteiger partial charge on any atom is 0.306 e. The number of unbranched alkanes of at least 4 members (excludes halogenated alkanes) is 6.